The molecule has 2 N–H and O–H groups in total. The van der Waals surface area contributed by atoms with E-state index in [0.717, 1.165) is 6.42 Å². The normalized spacial score (nSPS) is 15.7. The molecule has 3 aromatic rings. The molecule has 1 saturated heterocycles. The van der Waals surface area contributed by atoms with E-state index in [-0.39, 0.29) is 17.0 Å². The number of aromatic nitrogens is 2. The largest absolute Gasteiger partial charge is 0.486 e. The maximum atomic E-state index is 13.5. The first-order chi connectivity index (χ1) is 14.5. The number of fused-ring (bicyclic) bond motifs is 1. The van der Waals surface area contributed by atoms with Gasteiger partial charge >= 0.3 is 0 Å². The van der Waals surface area contributed by atoms with Gasteiger partial charge in [0, 0.05) is 29.4 Å². The van der Waals surface area contributed by atoms with Crippen molar-refractivity contribution in [3.63, 3.8) is 0 Å². The molecular weight excluding hydrogens is 430 g/mol. The third-order valence-electron chi connectivity index (χ3n) is 4.49. The van der Waals surface area contributed by atoms with Gasteiger partial charge in [-0.2, -0.15) is 0 Å². The van der Waals surface area contributed by atoms with Crippen LogP contribution in [0.4, 0.5) is 21.6 Å². The van der Waals surface area contributed by atoms with Crippen LogP contribution in [-0.2, 0) is 9.53 Å². The molecule has 0 unspecified atom stereocenters. The second-order valence-corrected chi connectivity index (χ2v) is 7.27. The van der Waals surface area contributed by atoms with Crippen LogP contribution < -0.4 is 15.4 Å². The number of carbonyl (C=O) groups excluding carboxylic acids is 1. The molecule has 1 fully saturated rings. The summed E-state index contributed by atoms with van der Waals surface area (Å²) >= 11 is 5.87. The number of carbonyl (C=O) groups is 1. The van der Waals surface area contributed by atoms with Gasteiger partial charge in [0.05, 0.1) is 29.4 Å². The van der Waals surface area contributed by atoms with Crippen molar-refractivity contribution < 1.29 is 18.7 Å². The monoisotopic (exact) mass is 446 g/mol. The molecule has 0 bridgehead atoms. The Morgan fingerprint density at radius 1 is 1.33 bits per heavy atom. The van der Waals surface area contributed by atoms with Crippen molar-refractivity contribution in [3.05, 3.63) is 47.5 Å². The van der Waals surface area contributed by atoms with Crippen LogP contribution in [0, 0.1) is 5.82 Å². The number of ether oxygens (including phenoxy) is 2. The number of hydrogen-bond acceptors (Lipinski definition) is 6. The van der Waals surface area contributed by atoms with Gasteiger partial charge in [-0.3, -0.25) is 4.79 Å². The first-order valence-electron chi connectivity index (χ1n) is 9.10. The highest BCUT2D eigenvalue weighted by Gasteiger charge is 2.20. The molecule has 7 nitrogen and oxygen atoms in total. The van der Waals surface area contributed by atoms with E-state index in [4.69, 9.17) is 21.1 Å². The molecule has 1 aliphatic heterocycles. The molecule has 0 saturated carbocycles. The first kappa shape index (κ1) is 20.5. The number of nitrogens with zero attached hydrogens (tertiary/aromatic N) is 2. The second-order valence-electron chi connectivity index (χ2n) is 6.58. The minimum atomic E-state index is -0.511. The summed E-state index contributed by atoms with van der Waals surface area (Å²) in [4.78, 5) is 20.5. The third-order valence-corrected chi connectivity index (χ3v) is 5.04. The lowest BCUT2D eigenvalue weighted by atomic mass is 10.1. The fourth-order valence-electron chi connectivity index (χ4n) is 3.04. The first-order valence-corrected chi connectivity index (χ1v) is 10.1. The summed E-state index contributed by atoms with van der Waals surface area (Å²) in [5.74, 6) is 1.32. The molecule has 0 aliphatic carbocycles. The molecule has 1 aliphatic rings. The summed E-state index contributed by atoms with van der Waals surface area (Å²) in [6.45, 7) is 1.11. The highest BCUT2D eigenvalue weighted by Crippen LogP contribution is 2.35. The Bertz CT molecular complexity index is 1120. The van der Waals surface area contributed by atoms with Gasteiger partial charge < -0.3 is 20.1 Å². The fraction of sp³-hybridized carbons (Fsp3) is 0.200. The van der Waals surface area contributed by atoms with Crippen LogP contribution in [0.3, 0.4) is 0 Å². The Kier molecular flexibility index (Phi) is 6.08. The van der Waals surface area contributed by atoms with Crippen LogP contribution in [0.5, 0.6) is 5.75 Å². The van der Waals surface area contributed by atoms with Gasteiger partial charge in [-0.05, 0) is 24.3 Å². The molecule has 4 rings (SSSR count). The van der Waals surface area contributed by atoms with E-state index in [1.807, 2.05) is 0 Å². The Labute approximate surface area is 178 Å². The van der Waals surface area contributed by atoms with Crippen LogP contribution in [-0.4, -0.2) is 41.0 Å². The predicted octanol–water partition coefficient (Wildman–Crippen LogP) is 4.22. The van der Waals surface area contributed by atoms with Gasteiger partial charge in [0.15, 0.2) is 0 Å². The van der Waals surface area contributed by atoms with E-state index >= 15 is 0 Å². The number of benzene rings is 2. The lowest BCUT2D eigenvalue weighted by Gasteiger charge is -2.17. The highest BCUT2D eigenvalue weighted by atomic mass is 35.5. The predicted molar refractivity (Wildman–Crippen MR) is 117 cm³/mol. The summed E-state index contributed by atoms with van der Waals surface area (Å²) < 4.78 is 24.9. The van der Waals surface area contributed by atoms with Crippen LogP contribution in [0.1, 0.15) is 6.42 Å². The molecule has 0 radical (unpaired) electrons. The van der Waals surface area contributed by atoms with Crippen molar-refractivity contribution in [3.8, 4) is 5.75 Å². The van der Waals surface area contributed by atoms with Gasteiger partial charge in [0.2, 0.25) is 0 Å². The SMILES string of the molecule is O=C(C=P)Nc1cc2c(Nc3ccc(F)c(Cl)c3)ncnc2cc1O[C@H]1CCOC1. The third kappa shape index (κ3) is 4.51. The fourth-order valence-corrected chi connectivity index (χ4v) is 3.30. The van der Waals surface area contributed by atoms with Crippen molar-refractivity contribution in [2.24, 2.45) is 0 Å². The molecule has 30 heavy (non-hydrogen) atoms. The van der Waals surface area contributed by atoms with Crippen molar-refractivity contribution in [2.75, 3.05) is 23.8 Å². The van der Waals surface area contributed by atoms with Crippen molar-refractivity contribution in [1.82, 2.24) is 9.97 Å². The zero-order valence-electron chi connectivity index (χ0n) is 15.6. The summed E-state index contributed by atoms with van der Waals surface area (Å²) in [6, 6.07) is 7.74. The number of anilines is 3. The summed E-state index contributed by atoms with van der Waals surface area (Å²) in [5.41, 5.74) is 1.63. The Morgan fingerprint density at radius 2 is 2.20 bits per heavy atom. The van der Waals surface area contributed by atoms with Gasteiger partial charge in [0.25, 0.3) is 5.91 Å². The van der Waals surface area contributed by atoms with Gasteiger partial charge in [0.1, 0.15) is 29.8 Å². The van der Waals surface area contributed by atoms with Crippen molar-refractivity contribution in [2.45, 2.75) is 12.5 Å². The molecule has 2 heterocycles. The maximum Gasteiger partial charge on any atom is 0.252 e. The molecule has 154 valence electrons. The zero-order chi connectivity index (χ0) is 21.1. The minimum Gasteiger partial charge on any atom is -0.486 e. The van der Waals surface area contributed by atoms with Crippen LogP contribution in [0.2, 0.25) is 5.02 Å². The summed E-state index contributed by atoms with van der Waals surface area (Å²) in [7, 11) is 3.08. The summed E-state index contributed by atoms with van der Waals surface area (Å²) in [5, 5.41) is 6.51. The smallest absolute Gasteiger partial charge is 0.252 e. The standard InChI is InChI=1S/C20H17ClFN4O3P/c21-14-5-11(1-2-15(14)22)25-20-13-6-17(26-19(27)9-30)18(7-16(13)23-10-24-20)29-12-3-4-28-8-12/h1-2,5-7,9-10,12,30H,3-4,8H2,(H,26,27)(H,23,24,25)/t12-/m0/s1. The molecule has 1 amide bonds. The number of halogens is 2. The van der Waals surface area contributed by atoms with Crippen molar-refractivity contribution >= 4 is 60.3 Å². The number of nitrogens with one attached hydrogen (secondary N) is 2. The van der Waals surface area contributed by atoms with E-state index in [2.05, 4.69) is 29.5 Å². The summed E-state index contributed by atoms with van der Waals surface area (Å²) in [6.07, 6.45) is 2.06. The van der Waals surface area contributed by atoms with Crippen LogP contribution in [0.25, 0.3) is 10.9 Å². The zero-order valence-corrected chi connectivity index (χ0v) is 17.4. The average molecular weight is 447 g/mol. The van der Waals surface area contributed by atoms with E-state index < -0.39 is 5.82 Å². The second kappa shape index (κ2) is 8.92. The number of hydrogen-bond donors (Lipinski definition) is 2. The maximum absolute atomic E-state index is 13.5. The van der Waals surface area contributed by atoms with Crippen LogP contribution >= 0.6 is 20.5 Å². The van der Waals surface area contributed by atoms with Crippen molar-refractivity contribution in [1.29, 1.82) is 0 Å². The lowest BCUT2D eigenvalue weighted by molar-refractivity contribution is -0.109. The average Bonchev–Trinajstić information content (AvgIpc) is 3.24. The minimum absolute atomic E-state index is 0.00608. The van der Waals surface area contributed by atoms with Gasteiger partial charge in [-0.1, -0.05) is 11.6 Å². The topological polar surface area (TPSA) is 85.4 Å². The van der Waals surface area contributed by atoms with Gasteiger partial charge in [-0.15, -0.1) is 8.86 Å². The molecule has 1 aromatic heterocycles. The van der Waals surface area contributed by atoms with E-state index in [0.29, 0.717) is 47.1 Å². The van der Waals surface area contributed by atoms with E-state index in [9.17, 15) is 9.18 Å². The Hall–Kier alpha value is -2.80. The lowest BCUT2D eigenvalue weighted by Crippen LogP contribution is -2.18. The molecule has 2 aromatic carbocycles. The molecule has 0 spiro atoms. The van der Waals surface area contributed by atoms with Gasteiger partial charge in [-0.25, -0.2) is 14.4 Å². The van der Waals surface area contributed by atoms with Crippen LogP contribution in [0.15, 0.2) is 36.7 Å². The highest BCUT2D eigenvalue weighted by molar-refractivity contribution is 7.22. The number of amides is 1. The Balaban J connectivity index is 1.74. The quantitative estimate of drug-likeness (QED) is 0.551. The molecular formula is C20H17ClFN4O3P. The Morgan fingerprint density at radius 3 is 2.93 bits per heavy atom. The molecule has 10 heteroatoms. The van der Waals surface area contributed by atoms with E-state index in [1.165, 1.54) is 24.3 Å². The number of rotatable bonds is 6. The van der Waals surface area contributed by atoms with E-state index in [1.54, 1.807) is 18.2 Å². The molecule has 1 atom stereocenters.